The van der Waals surface area contributed by atoms with Crippen molar-refractivity contribution in [3.05, 3.63) is 0 Å². The van der Waals surface area contributed by atoms with Gasteiger partial charge in [-0.15, -0.1) is 0 Å². The number of hydrogen-bond donors (Lipinski definition) is 0. The average molecular weight is 144 g/mol. The molecule has 0 saturated carbocycles. The topological polar surface area (TPSA) is 26.3 Å². The van der Waals surface area contributed by atoms with E-state index in [1.165, 1.54) is 6.92 Å². The van der Waals surface area contributed by atoms with E-state index in [2.05, 4.69) is 6.92 Å². The second-order valence-corrected chi connectivity index (χ2v) is 2.43. The average Bonchev–Trinajstić information content (AvgIpc) is 1.86. The van der Waals surface area contributed by atoms with Crippen LogP contribution in [0.5, 0.6) is 0 Å². The Balaban J connectivity index is 3.49. The molecule has 0 bridgehead atoms. The maximum Gasteiger partial charge on any atom is 0.302 e. The molecule has 0 aromatic carbocycles. The number of esters is 1. The number of ether oxygens (including phenoxy) is 1. The highest BCUT2D eigenvalue weighted by Gasteiger charge is 2.06. The third-order valence-electron chi connectivity index (χ3n) is 1.40. The van der Waals surface area contributed by atoms with Crippen molar-refractivity contribution < 1.29 is 9.53 Å². The predicted octanol–water partition coefficient (Wildman–Crippen LogP) is 2.13. The van der Waals surface area contributed by atoms with E-state index in [4.69, 9.17) is 4.74 Å². The molecule has 0 aliphatic rings. The first-order valence-electron chi connectivity index (χ1n) is 3.87. The van der Waals surface area contributed by atoms with Crippen molar-refractivity contribution in [1.82, 2.24) is 0 Å². The lowest BCUT2D eigenvalue weighted by atomic mass is 10.2. The van der Waals surface area contributed by atoms with E-state index >= 15 is 0 Å². The Morgan fingerprint density at radius 2 is 2.10 bits per heavy atom. The zero-order valence-electron chi connectivity index (χ0n) is 7.02. The number of hydrogen-bond acceptors (Lipinski definition) is 2. The Morgan fingerprint density at radius 1 is 1.50 bits per heavy atom. The van der Waals surface area contributed by atoms with Crippen LogP contribution < -0.4 is 0 Å². The molecule has 0 heterocycles. The van der Waals surface area contributed by atoms with E-state index in [9.17, 15) is 4.79 Å². The molecule has 0 N–H and O–H groups in total. The van der Waals surface area contributed by atoms with Gasteiger partial charge < -0.3 is 4.74 Å². The van der Waals surface area contributed by atoms with Gasteiger partial charge in [0.25, 0.3) is 0 Å². The van der Waals surface area contributed by atoms with Crippen molar-refractivity contribution in [1.29, 1.82) is 0 Å². The van der Waals surface area contributed by atoms with Crippen LogP contribution in [0.3, 0.4) is 0 Å². The summed E-state index contributed by atoms with van der Waals surface area (Å²) in [4.78, 5) is 10.5. The van der Waals surface area contributed by atoms with Crippen LogP contribution in [-0.2, 0) is 9.53 Å². The molecule has 0 saturated heterocycles. The summed E-state index contributed by atoms with van der Waals surface area (Å²) < 4.78 is 5.00. The molecule has 2 heteroatoms. The van der Waals surface area contributed by atoms with Gasteiger partial charge in [0.2, 0.25) is 0 Å². The Bertz CT molecular complexity index is 99.4. The number of rotatable bonds is 4. The third-order valence-corrected chi connectivity index (χ3v) is 1.40. The third kappa shape index (κ3) is 4.36. The maximum absolute atomic E-state index is 10.5. The normalized spacial score (nSPS) is 12.7. The maximum atomic E-state index is 10.5. The second kappa shape index (κ2) is 5.27. The summed E-state index contributed by atoms with van der Waals surface area (Å²) in [5.74, 6) is -0.166. The SMILES string of the molecule is CCC[C@H](CC)OC(C)=O. The highest BCUT2D eigenvalue weighted by atomic mass is 16.5. The molecule has 10 heavy (non-hydrogen) atoms. The van der Waals surface area contributed by atoms with Crippen molar-refractivity contribution in [2.45, 2.75) is 46.1 Å². The number of carbonyl (C=O) groups is 1. The van der Waals surface area contributed by atoms with Gasteiger partial charge in [0.05, 0.1) is 0 Å². The number of carbonyl (C=O) groups excluding carboxylic acids is 1. The molecule has 0 aromatic rings. The molecule has 0 aliphatic carbocycles. The summed E-state index contributed by atoms with van der Waals surface area (Å²) in [7, 11) is 0. The Labute approximate surface area is 62.6 Å². The van der Waals surface area contributed by atoms with Gasteiger partial charge in [0.15, 0.2) is 0 Å². The monoisotopic (exact) mass is 144 g/mol. The van der Waals surface area contributed by atoms with Crippen LogP contribution in [0.4, 0.5) is 0 Å². The van der Waals surface area contributed by atoms with Gasteiger partial charge in [0.1, 0.15) is 6.10 Å². The summed E-state index contributed by atoms with van der Waals surface area (Å²) in [5, 5.41) is 0. The minimum Gasteiger partial charge on any atom is -0.463 e. The van der Waals surface area contributed by atoms with Crippen LogP contribution in [0.25, 0.3) is 0 Å². The van der Waals surface area contributed by atoms with E-state index < -0.39 is 0 Å². The smallest absolute Gasteiger partial charge is 0.302 e. The van der Waals surface area contributed by atoms with Crippen LogP contribution in [0.1, 0.15) is 40.0 Å². The van der Waals surface area contributed by atoms with E-state index in [-0.39, 0.29) is 12.1 Å². The summed E-state index contributed by atoms with van der Waals surface area (Å²) in [5.41, 5.74) is 0. The van der Waals surface area contributed by atoms with Gasteiger partial charge in [-0.05, 0) is 12.8 Å². The fourth-order valence-corrected chi connectivity index (χ4v) is 0.903. The largest absolute Gasteiger partial charge is 0.463 e. The van der Waals surface area contributed by atoms with E-state index in [1.807, 2.05) is 6.92 Å². The molecule has 0 fully saturated rings. The predicted molar refractivity (Wildman–Crippen MR) is 40.8 cm³/mol. The summed E-state index contributed by atoms with van der Waals surface area (Å²) in [6.45, 7) is 5.58. The van der Waals surface area contributed by atoms with Crippen molar-refractivity contribution >= 4 is 5.97 Å². The zero-order valence-corrected chi connectivity index (χ0v) is 7.02. The van der Waals surface area contributed by atoms with Crippen LogP contribution in [0, 0.1) is 0 Å². The van der Waals surface area contributed by atoms with E-state index in [0.717, 1.165) is 19.3 Å². The first-order chi connectivity index (χ1) is 4.70. The fourth-order valence-electron chi connectivity index (χ4n) is 0.903. The molecule has 1 atom stereocenters. The lowest BCUT2D eigenvalue weighted by Crippen LogP contribution is -2.14. The molecule has 0 amide bonds. The summed E-state index contributed by atoms with van der Waals surface area (Å²) in [6.07, 6.45) is 3.12. The molecule has 0 rings (SSSR count). The summed E-state index contributed by atoms with van der Waals surface area (Å²) >= 11 is 0. The lowest BCUT2D eigenvalue weighted by molar-refractivity contribution is -0.146. The van der Waals surface area contributed by atoms with Crippen molar-refractivity contribution in [3.8, 4) is 0 Å². The van der Waals surface area contributed by atoms with Crippen LogP contribution in [0.15, 0.2) is 0 Å². The first kappa shape index (κ1) is 9.47. The Morgan fingerprint density at radius 3 is 2.40 bits per heavy atom. The van der Waals surface area contributed by atoms with Crippen molar-refractivity contribution in [2.24, 2.45) is 0 Å². The van der Waals surface area contributed by atoms with Gasteiger partial charge in [-0.1, -0.05) is 20.3 Å². The van der Waals surface area contributed by atoms with Crippen LogP contribution in [0.2, 0.25) is 0 Å². The molecule has 0 aliphatic heterocycles. The lowest BCUT2D eigenvalue weighted by Gasteiger charge is -2.12. The highest BCUT2D eigenvalue weighted by Crippen LogP contribution is 2.05. The van der Waals surface area contributed by atoms with Gasteiger partial charge in [0, 0.05) is 6.92 Å². The highest BCUT2D eigenvalue weighted by molar-refractivity contribution is 5.66. The zero-order chi connectivity index (χ0) is 7.98. The Kier molecular flexibility index (Phi) is 4.99. The standard InChI is InChI=1S/C8H16O2/c1-4-6-8(5-2)10-7(3)9/h8H,4-6H2,1-3H3/t8-/m0/s1. The van der Waals surface area contributed by atoms with E-state index in [0.29, 0.717) is 0 Å². The molecule has 60 valence electrons. The van der Waals surface area contributed by atoms with Gasteiger partial charge in [-0.25, -0.2) is 0 Å². The van der Waals surface area contributed by atoms with Crippen molar-refractivity contribution in [2.75, 3.05) is 0 Å². The molecule has 0 aromatic heterocycles. The summed E-state index contributed by atoms with van der Waals surface area (Å²) in [6, 6.07) is 0. The van der Waals surface area contributed by atoms with E-state index in [1.54, 1.807) is 0 Å². The van der Waals surface area contributed by atoms with Gasteiger partial charge in [-0.2, -0.15) is 0 Å². The van der Waals surface area contributed by atoms with Crippen LogP contribution in [-0.4, -0.2) is 12.1 Å². The molecular formula is C8H16O2. The minimum absolute atomic E-state index is 0.141. The molecular weight excluding hydrogens is 128 g/mol. The molecule has 0 spiro atoms. The first-order valence-corrected chi connectivity index (χ1v) is 3.87. The van der Waals surface area contributed by atoms with Gasteiger partial charge >= 0.3 is 5.97 Å². The Hall–Kier alpha value is -0.530. The second-order valence-electron chi connectivity index (χ2n) is 2.43. The molecule has 0 unspecified atom stereocenters. The van der Waals surface area contributed by atoms with Crippen LogP contribution >= 0.6 is 0 Å². The molecule has 0 radical (unpaired) electrons. The molecule has 2 nitrogen and oxygen atoms in total. The minimum atomic E-state index is -0.166. The van der Waals surface area contributed by atoms with Crippen molar-refractivity contribution in [3.63, 3.8) is 0 Å². The van der Waals surface area contributed by atoms with Gasteiger partial charge in [-0.3, -0.25) is 4.79 Å². The quantitative estimate of drug-likeness (QED) is 0.565. The fraction of sp³-hybridized carbons (Fsp3) is 0.875.